The van der Waals surface area contributed by atoms with Gasteiger partial charge in [0.05, 0.1) is 14.9 Å². The van der Waals surface area contributed by atoms with Gasteiger partial charge in [0.2, 0.25) is 0 Å². The molecule has 0 amide bonds. The summed E-state index contributed by atoms with van der Waals surface area (Å²) < 4.78 is 3.87. The Morgan fingerprint density at radius 1 is 0.830 bits per heavy atom. The molecule has 7 heteroatoms. The molecule has 0 unspecified atom stereocenters. The van der Waals surface area contributed by atoms with Crippen LogP contribution < -0.4 is 0 Å². The largest absolute Gasteiger partial charge is 0.512 e. The first kappa shape index (κ1) is 42.8. The molecule has 0 aliphatic heterocycles. The van der Waals surface area contributed by atoms with Gasteiger partial charge in [-0.3, -0.25) is 9.78 Å². The van der Waals surface area contributed by atoms with Gasteiger partial charge in [0.15, 0.2) is 5.78 Å². The van der Waals surface area contributed by atoms with Gasteiger partial charge in [-0.25, -0.2) is 4.98 Å². The summed E-state index contributed by atoms with van der Waals surface area (Å²) in [7, 11) is 0. The third kappa shape index (κ3) is 8.49. The van der Waals surface area contributed by atoms with Crippen molar-refractivity contribution in [2.45, 2.75) is 121 Å². The van der Waals surface area contributed by atoms with E-state index in [1.54, 1.807) is 6.33 Å². The summed E-state index contributed by atoms with van der Waals surface area (Å²) in [6, 6.07) is 19.1. The van der Waals surface area contributed by atoms with Crippen LogP contribution in [0.3, 0.4) is 0 Å². The summed E-state index contributed by atoms with van der Waals surface area (Å²) in [6.07, 6.45) is 7.59. The Balaban J connectivity index is 0.000000299. The Labute approximate surface area is 338 Å². The number of hydrogen-bond acceptors (Lipinski definition) is 6. The molecule has 0 atom stereocenters. The molecule has 0 bridgehead atoms. The predicted molar refractivity (Wildman–Crippen MR) is 227 cm³/mol. The van der Waals surface area contributed by atoms with Crippen molar-refractivity contribution in [2.75, 3.05) is 0 Å². The van der Waals surface area contributed by atoms with Crippen LogP contribution in [-0.4, -0.2) is 20.9 Å². The molecule has 1 radical (unpaired) electrons. The molecule has 285 valence electrons. The van der Waals surface area contributed by atoms with Crippen LogP contribution in [0.4, 0.5) is 0 Å². The van der Waals surface area contributed by atoms with Gasteiger partial charge in [-0.2, -0.15) is 0 Å². The van der Waals surface area contributed by atoms with Crippen molar-refractivity contribution >= 4 is 69.6 Å². The number of carbonyl (C=O) groups excluding carboxylic acids is 1. The van der Waals surface area contributed by atoms with Crippen LogP contribution in [-0.2, 0) is 36.7 Å². The molecule has 6 rings (SSSR count). The SMILES string of the molecule is CCC(C)(CC)C(=O)/C=C(\O)C(C)(CC)CC.Cc1sc2c(ccc3c4ncnc(-c5[c-]c6ccccc6c(C(C)(C)C)c5)c4sc32)c1CC(C)C.[Ir]. The van der Waals surface area contributed by atoms with Gasteiger partial charge in [0.1, 0.15) is 12.1 Å². The maximum absolute atomic E-state index is 12.2. The summed E-state index contributed by atoms with van der Waals surface area (Å²) in [5.74, 6) is 0.927. The van der Waals surface area contributed by atoms with Crippen molar-refractivity contribution in [3.05, 3.63) is 82.7 Å². The molecular formula is C46H57IrN2O2S2-. The Morgan fingerprint density at radius 2 is 1.43 bits per heavy atom. The predicted octanol–water partition coefficient (Wildman–Crippen LogP) is 14.1. The zero-order valence-corrected chi connectivity index (χ0v) is 37.7. The number of allylic oxidation sites excluding steroid dienone is 2. The van der Waals surface area contributed by atoms with E-state index in [4.69, 9.17) is 9.97 Å². The topological polar surface area (TPSA) is 63.1 Å². The standard InChI is InChI=1S/C31H29N2S2.C15H28O2.Ir/c1-17(2)13-24-18(3)34-28-22(24)11-12-23-27-30(35-29(23)28)26(32-16-33-27)20-14-19-9-7-8-10-21(19)25(15-20)31(4,5)6;1-7-14(5,8-2)12(16)11-13(17)15(6,9-3)10-4;/h7-12,15-17H,13H2,1-6H3;11,16H,7-10H2,1-6H3;/q-1;;/b;12-11-;. The summed E-state index contributed by atoms with van der Waals surface area (Å²) in [4.78, 5) is 23.2. The summed E-state index contributed by atoms with van der Waals surface area (Å²) >= 11 is 3.77. The molecule has 0 aliphatic rings. The minimum atomic E-state index is -0.337. The van der Waals surface area contributed by atoms with E-state index < -0.39 is 0 Å². The quantitative estimate of drug-likeness (QED) is 0.0845. The number of nitrogens with zero attached hydrogens (tertiary/aromatic N) is 2. The second-order valence-corrected chi connectivity index (χ2v) is 18.6. The number of carbonyl (C=O) groups is 1. The minimum absolute atomic E-state index is 0. The van der Waals surface area contributed by atoms with E-state index in [9.17, 15) is 9.90 Å². The summed E-state index contributed by atoms with van der Waals surface area (Å²) in [6.45, 7) is 25.8. The summed E-state index contributed by atoms with van der Waals surface area (Å²) in [5, 5.41) is 15.2. The molecule has 6 aromatic rings. The van der Waals surface area contributed by atoms with Crippen LogP contribution in [0.5, 0.6) is 0 Å². The Morgan fingerprint density at radius 3 is 2.04 bits per heavy atom. The van der Waals surface area contributed by atoms with Crippen LogP contribution in [0.25, 0.3) is 52.4 Å². The number of benzene rings is 3. The number of aryl methyl sites for hydroxylation is 1. The fraction of sp³-hybridized carbons (Fsp3) is 0.457. The van der Waals surface area contributed by atoms with Crippen LogP contribution in [0, 0.1) is 29.7 Å². The van der Waals surface area contributed by atoms with Crippen LogP contribution in [0.1, 0.15) is 118 Å². The van der Waals surface area contributed by atoms with E-state index in [2.05, 4.69) is 90.1 Å². The Bertz CT molecular complexity index is 2260. The number of fused-ring (bicyclic) bond motifs is 6. The van der Waals surface area contributed by atoms with Gasteiger partial charge in [0.25, 0.3) is 0 Å². The van der Waals surface area contributed by atoms with Crippen molar-refractivity contribution in [2.24, 2.45) is 16.7 Å². The molecule has 0 spiro atoms. The monoisotopic (exact) mass is 926 g/mol. The third-order valence-corrected chi connectivity index (χ3v) is 14.0. The molecule has 3 aromatic carbocycles. The molecule has 0 aliphatic carbocycles. The Kier molecular flexibility index (Phi) is 13.6. The van der Waals surface area contributed by atoms with Crippen molar-refractivity contribution in [3.63, 3.8) is 0 Å². The molecule has 0 saturated carbocycles. The maximum Gasteiger partial charge on any atom is 0.164 e. The average molecular weight is 926 g/mol. The van der Waals surface area contributed by atoms with E-state index in [1.807, 2.05) is 64.2 Å². The van der Waals surface area contributed by atoms with E-state index in [-0.39, 0.29) is 47.9 Å². The van der Waals surface area contributed by atoms with Gasteiger partial charge < -0.3 is 5.11 Å². The zero-order chi connectivity index (χ0) is 38.2. The van der Waals surface area contributed by atoms with E-state index in [0.29, 0.717) is 5.92 Å². The molecule has 4 nitrogen and oxygen atoms in total. The molecule has 0 saturated heterocycles. The fourth-order valence-electron chi connectivity index (χ4n) is 6.87. The second kappa shape index (κ2) is 16.8. The number of aromatic nitrogens is 2. The summed E-state index contributed by atoms with van der Waals surface area (Å²) in [5.41, 5.74) is 5.32. The number of rotatable bonds is 10. The number of aliphatic hydroxyl groups is 1. The second-order valence-electron chi connectivity index (χ2n) is 16.4. The number of aliphatic hydroxyl groups excluding tert-OH is 1. The van der Waals surface area contributed by atoms with Gasteiger partial charge >= 0.3 is 0 Å². The third-order valence-electron chi connectivity index (χ3n) is 11.4. The average Bonchev–Trinajstić information content (AvgIpc) is 3.66. The normalized spacial score (nSPS) is 12.8. The zero-order valence-electron chi connectivity index (χ0n) is 33.7. The fourth-order valence-corrected chi connectivity index (χ4v) is 9.45. The van der Waals surface area contributed by atoms with Gasteiger partial charge in [-0.05, 0) is 61.3 Å². The van der Waals surface area contributed by atoms with Crippen LogP contribution in [0.15, 0.2) is 60.6 Å². The van der Waals surface area contributed by atoms with Crippen molar-refractivity contribution in [1.29, 1.82) is 0 Å². The van der Waals surface area contributed by atoms with Gasteiger partial charge in [-0.1, -0.05) is 117 Å². The number of hydrogen-bond donors (Lipinski definition) is 1. The first-order valence-corrected chi connectivity index (χ1v) is 20.6. The van der Waals surface area contributed by atoms with Crippen LogP contribution >= 0.6 is 22.7 Å². The van der Waals surface area contributed by atoms with E-state index >= 15 is 0 Å². The first-order valence-electron chi connectivity index (χ1n) is 19.0. The van der Waals surface area contributed by atoms with E-state index in [0.717, 1.165) is 59.0 Å². The number of ketones is 1. The minimum Gasteiger partial charge on any atom is -0.512 e. The van der Waals surface area contributed by atoms with E-state index in [1.165, 1.54) is 47.6 Å². The first-order chi connectivity index (χ1) is 24.5. The van der Waals surface area contributed by atoms with Crippen molar-refractivity contribution in [3.8, 4) is 11.3 Å². The Hall–Kier alpha value is -2.96. The smallest absolute Gasteiger partial charge is 0.164 e. The van der Waals surface area contributed by atoms with Gasteiger partial charge in [0, 0.05) is 57.7 Å². The number of thiophene rings is 2. The molecule has 53 heavy (non-hydrogen) atoms. The molecule has 3 aromatic heterocycles. The molecule has 1 N–H and O–H groups in total. The van der Waals surface area contributed by atoms with Crippen LogP contribution in [0.2, 0.25) is 0 Å². The maximum atomic E-state index is 12.2. The molecular weight excluding hydrogens is 869 g/mol. The molecule has 3 heterocycles. The van der Waals surface area contributed by atoms with Crippen molar-refractivity contribution in [1.82, 2.24) is 9.97 Å². The van der Waals surface area contributed by atoms with Crippen molar-refractivity contribution < 1.29 is 30.0 Å². The molecule has 0 fully saturated rings. The van der Waals surface area contributed by atoms with Gasteiger partial charge in [-0.15, -0.1) is 51.8 Å².